The fourth-order valence-electron chi connectivity index (χ4n) is 1.75. The van der Waals surface area contributed by atoms with Gasteiger partial charge in [0.25, 0.3) is 0 Å². The Morgan fingerprint density at radius 1 is 1.05 bits per heavy atom. The highest BCUT2D eigenvalue weighted by Crippen LogP contribution is 2.36. The maximum atomic E-state index is 13.2. The molecule has 104 valence electrons. The smallest absolute Gasteiger partial charge is 0.298 e. The second-order valence-electron chi connectivity index (χ2n) is 4.05. The van der Waals surface area contributed by atoms with Gasteiger partial charge >= 0.3 is 6.18 Å². The van der Waals surface area contributed by atoms with E-state index in [0.717, 1.165) is 6.07 Å². The second kappa shape index (κ2) is 5.25. The molecule has 0 unspecified atom stereocenters. The van der Waals surface area contributed by atoms with Crippen molar-refractivity contribution in [3.63, 3.8) is 0 Å². The van der Waals surface area contributed by atoms with Crippen LogP contribution in [-0.2, 0) is 6.18 Å². The Morgan fingerprint density at radius 2 is 1.75 bits per heavy atom. The first-order chi connectivity index (χ1) is 9.32. The van der Waals surface area contributed by atoms with Gasteiger partial charge in [-0.1, -0.05) is 29.8 Å². The van der Waals surface area contributed by atoms with Crippen molar-refractivity contribution in [3.8, 4) is 11.1 Å². The minimum atomic E-state index is -4.78. The van der Waals surface area contributed by atoms with Crippen LogP contribution in [0, 0.1) is 5.82 Å². The van der Waals surface area contributed by atoms with E-state index in [4.69, 9.17) is 11.6 Å². The first-order valence-electron chi connectivity index (χ1n) is 5.45. The van der Waals surface area contributed by atoms with Crippen LogP contribution in [0.5, 0.6) is 0 Å². The highest BCUT2D eigenvalue weighted by atomic mass is 35.5. The lowest BCUT2D eigenvalue weighted by Gasteiger charge is -2.11. The molecule has 0 aliphatic carbocycles. The van der Waals surface area contributed by atoms with Gasteiger partial charge in [-0.25, -0.2) is 4.39 Å². The van der Waals surface area contributed by atoms with Crippen LogP contribution < -0.4 is 0 Å². The number of aldehydes is 1. The minimum absolute atomic E-state index is 0.120. The van der Waals surface area contributed by atoms with Gasteiger partial charge in [-0.15, -0.1) is 0 Å². The Kier molecular flexibility index (Phi) is 3.81. The van der Waals surface area contributed by atoms with E-state index in [1.807, 2.05) is 0 Å². The van der Waals surface area contributed by atoms with Gasteiger partial charge in [-0.2, -0.15) is 13.2 Å². The molecule has 0 amide bonds. The van der Waals surface area contributed by atoms with E-state index in [-0.39, 0.29) is 10.6 Å². The summed E-state index contributed by atoms with van der Waals surface area (Å²) >= 11 is 5.92. The quantitative estimate of drug-likeness (QED) is 0.565. The summed E-state index contributed by atoms with van der Waals surface area (Å²) in [4.78, 5) is 10.6. The Balaban J connectivity index is 2.57. The van der Waals surface area contributed by atoms with Crippen molar-refractivity contribution < 1.29 is 22.4 Å². The number of hydrogen-bond acceptors (Lipinski definition) is 1. The number of carbonyl (C=O) groups is 1. The number of alkyl halides is 3. The molecule has 0 aliphatic heterocycles. The van der Waals surface area contributed by atoms with Gasteiger partial charge in [-0.3, -0.25) is 4.79 Å². The molecule has 0 aliphatic rings. The topological polar surface area (TPSA) is 17.1 Å². The molecule has 20 heavy (non-hydrogen) atoms. The van der Waals surface area contributed by atoms with E-state index in [0.29, 0.717) is 23.5 Å². The lowest BCUT2D eigenvalue weighted by molar-refractivity contribution is -0.139. The van der Waals surface area contributed by atoms with Crippen molar-refractivity contribution in [1.29, 1.82) is 0 Å². The maximum Gasteiger partial charge on any atom is 0.419 e. The molecule has 0 spiro atoms. The monoisotopic (exact) mass is 302 g/mol. The Hall–Kier alpha value is -1.88. The number of halogens is 5. The van der Waals surface area contributed by atoms with Crippen LogP contribution in [0.4, 0.5) is 17.6 Å². The molecular formula is C14H7ClF4O. The van der Waals surface area contributed by atoms with Gasteiger partial charge in [0, 0.05) is 16.1 Å². The number of carbonyl (C=O) groups excluding carboxylic acids is 1. The zero-order chi connectivity index (χ0) is 14.9. The number of benzene rings is 2. The Bertz CT molecular complexity index is 665. The molecule has 0 radical (unpaired) electrons. The van der Waals surface area contributed by atoms with E-state index >= 15 is 0 Å². The van der Waals surface area contributed by atoms with Gasteiger partial charge in [0.1, 0.15) is 12.1 Å². The summed E-state index contributed by atoms with van der Waals surface area (Å²) in [7, 11) is 0. The highest BCUT2D eigenvalue weighted by molar-refractivity contribution is 6.33. The SMILES string of the molecule is O=Cc1ccc(-c2ccc(F)c(C(F)(F)F)c2)c(Cl)c1. The summed E-state index contributed by atoms with van der Waals surface area (Å²) in [5.41, 5.74) is -0.633. The third-order valence-electron chi connectivity index (χ3n) is 2.71. The summed E-state index contributed by atoms with van der Waals surface area (Å²) in [5.74, 6) is -1.35. The molecule has 0 atom stereocenters. The Labute approximate surface area is 116 Å². The molecule has 0 saturated heterocycles. The molecule has 0 saturated carbocycles. The summed E-state index contributed by atoms with van der Waals surface area (Å²) in [5, 5.41) is 0.120. The van der Waals surface area contributed by atoms with Gasteiger partial charge in [-0.05, 0) is 23.8 Å². The molecule has 6 heteroatoms. The molecular weight excluding hydrogens is 296 g/mol. The first-order valence-corrected chi connectivity index (χ1v) is 5.82. The molecule has 0 fully saturated rings. The van der Waals surface area contributed by atoms with Crippen LogP contribution in [0.1, 0.15) is 15.9 Å². The van der Waals surface area contributed by atoms with E-state index in [9.17, 15) is 22.4 Å². The van der Waals surface area contributed by atoms with Crippen molar-refractivity contribution in [3.05, 3.63) is 58.4 Å². The van der Waals surface area contributed by atoms with Crippen molar-refractivity contribution >= 4 is 17.9 Å². The average molecular weight is 303 g/mol. The predicted molar refractivity (Wildman–Crippen MR) is 67.2 cm³/mol. The van der Waals surface area contributed by atoms with Crippen molar-refractivity contribution in [2.45, 2.75) is 6.18 Å². The lowest BCUT2D eigenvalue weighted by Crippen LogP contribution is -2.08. The van der Waals surface area contributed by atoms with Gasteiger partial charge in [0.15, 0.2) is 0 Å². The summed E-state index contributed by atoms with van der Waals surface area (Å²) in [6.07, 6.45) is -4.21. The normalized spacial score (nSPS) is 11.4. The van der Waals surface area contributed by atoms with Gasteiger partial charge in [0.2, 0.25) is 0 Å². The molecule has 0 aromatic heterocycles. The van der Waals surface area contributed by atoms with Crippen LogP contribution in [0.3, 0.4) is 0 Å². The maximum absolute atomic E-state index is 13.2. The molecule has 0 N–H and O–H groups in total. The molecule has 0 heterocycles. The van der Waals surface area contributed by atoms with E-state index in [2.05, 4.69) is 0 Å². The van der Waals surface area contributed by atoms with Gasteiger partial charge in [0.05, 0.1) is 5.56 Å². The fourth-order valence-corrected chi connectivity index (χ4v) is 2.05. The van der Waals surface area contributed by atoms with Crippen LogP contribution in [0.15, 0.2) is 36.4 Å². The third-order valence-corrected chi connectivity index (χ3v) is 3.02. The Morgan fingerprint density at radius 3 is 2.30 bits per heavy atom. The number of rotatable bonds is 2. The van der Waals surface area contributed by atoms with Crippen molar-refractivity contribution in [2.75, 3.05) is 0 Å². The summed E-state index contributed by atoms with van der Waals surface area (Å²) < 4.78 is 51.1. The molecule has 2 aromatic rings. The second-order valence-corrected chi connectivity index (χ2v) is 4.46. The lowest BCUT2D eigenvalue weighted by atomic mass is 10.0. The van der Waals surface area contributed by atoms with E-state index in [1.54, 1.807) is 0 Å². The zero-order valence-electron chi connectivity index (χ0n) is 9.84. The van der Waals surface area contributed by atoms with Gasteiger partial charge < -0.3 is 0 Å². The van der Waals surface area contributed by atoms with Crippen molar-refractivity contribution in [1.82, 2.24) is 0 Å². The first kappa shape index (κ1) is 14.5. The molecule has 2 aromatic carbocycles. The molecule has 1 nitrogen and oxygen atoms in total. The number of hydrogen-bond donors (Lipinski definition) is 0. The molecule has 0 bridgehead atoms. The van der Waals surface area contributed by atoms with E-state index < -0.39 is 17.6 Å². The molecule has 2 rings (SSSR count). The van der Waals surface area contributed by atoms with E-state index in [1.165, 1.54) is 24.3 Å². The third kappa shape index (κ3) is 2.82. The standard InChI is InChI=1S/C14H7ClF4O/c15-12-5-8(7-20)1-3-10(12)9-2-4-13(16)11(6-9)14(17,18)19/h1-7H. The van der Waals surface area contributed by atoms with Crippen LogP contribution in [-0.4, -0.2) is 6.29 Å². The van der Waals surface area contributed by atoms with Crippen molar-refractivity contribution in [2.24, 2.45) is 0 Å². The average Bonchev–Trinajstić information content (AvgIpc) is 2.38. The van der Waals surface area contributed by atoms with Crippen LogP contribution in [0.25, 0.3) is 11.1 Å². The highest BCUT2D eigenvalue weighted by Gasteiger charge is 2.34. The summed E-state index contributed by atoms with van der Waals surface area (Å²) in [6, 6.07) is 6.80. The fraction of sp³-hybridized carbons (Fsp3) is 0.0714. The summed E-state index contributed by atoms with van der Waals surface area (Å²) in [6.45, 7) is 0. The zero-order valence-corrected chi connectivity index (χ0v) is 10.6. The van der Waals surface area contributed by atoms with Crippen LogP contribution >= 0.6 is 11.6 Å². The predicted octanol–water partition coefficient (Wildman–Crippen LogP) is 4.98. The largest absolute Gasteiger partial charge is 0.419 e. The van der Waals surface area contributed by atoms with Crippen LogP contribution in [0.2, 0.25) is 5.02 Å². The minimum Gasteiger partial charge on any atom is -0.298 e.